The van der Waals surface area contributed by atoms with Gasteiger partial charge in [0.15, 0.2) is 10.7 Å². The molecule has 0 saturated heterocycles. The summed E-state index contributed by atoms with van der Waals surface area (Å²) in [7, 11) is -1.43. The topological polar surface area (TPSA) is 50.2 Å². The van der Waals surface area contributed by atoms with Crippen LogP contribution in [0.2, 0.25) is 19.6 Å². The van der Waals surface area contributed by atoms with E-state index in [0.29, 0.717) is 11.4 Å². The van der Waals surface area contributed by atoms with Gasteiger partial charge in [0.25, 0.3) is 0 Å². The SMILES string of the molecule is CCc1sc(C#C[Si](C)(C)C)nc1C(=O)O. The van der Waals surface area contributed by atoms with Gasteiger partial charge in [0.1, 0.15) is 8.07 Å². The Morgan fingerprint density at radius 3 is 2.50 bits per heavy atom. The second-order valence-corrected chi connectivity index (χ2v) is 10.3. The normalized spacial score (nSPS) is 10.8. The first-order chi connectivity index (χ1) is 7.33. The van der Waals surface area contributed by atoms with Gasteiger partial charge in [-0.3, -0.25) is 0 Å². The Kier molecular flexibility index (Phi) is 3.89. The standard InChI is InChI=1S/C11H15NO2SSi/c1-5-8-10(11(13)14)12-9(15-8)6-7-16(2,3)4/h5H2,1-4H3,(H,13,14). The summed E-state index contributed by atoms with van der Waals surface area (Å²) in [5, 5.41) is 9.56. The molecule has 3 nitrogen and oxygen atoms in total. The minimum absolute atomic E-state index is 0.160. The van der Waals surface area contributed by atoms with Crippen LogP contribution in [0, 0.1) is 11.5 Å². The van der Waals surface area contributed by atoms with Crippen molar-refractivity contribution in [3.05, 3.63) is 15.6 Å². The molecule has 0 spiro atoms. The highest BCUT2D eigenvalue weighted by molar-refractivity contribution is 7.12. The minimum Gasteiger partial charge on any atom is -0.476 e. The molecule has 0 aliphatic heterocycles. The Morgan fingerprint density at radius 2 is 2.12 bits per heavy atom. The first-order valence-corrected chi connectivity index (χ1v) is 9.41. The zero-order valence-electron chi connectivity index (χ0n) is 9.92. The third-order valence-electron chi connectivity index (χ3n) is 1.77. The van der Waals surface area contributed by atoms with Crippen molar-refractivity contribution in [2.45, 2.75) is 33.0 Å². The van der Waals surface area contributed by atoms with Crippen molar-refractivity contribution in [3.8, 4) is 11.5 Å². The van der Waals surface area contributed by atoms with Gasteiger partial charge in [-0.05, 0) is 12.3 Å². The maximum atomic E-state index is 10.9. The smallest absolute Gasteiger partial charge is 0.355 e. The summed E-state index contributed by atoms with van der Waals surface area (Å²) in [5.74, 6) is 2.03. The second-order valence-electron chi connectivity index (χ2n) is 4.45. The number of hydrogen-bond acceptors (Lipinski definition) is 3. The molecule has 0 fully saturated rings. The van der Waals surface area contributed by atoms with Gasteiger partial charge in [-0.15, -0.1) is 16.9 Å². The van der Waals surface area contributed by atoms with Crippen LogP contribution in [0.4, 0.5) is 0 Å². The van der Waals surface area contributed by atoms with Crippen LogP contribution in [0.5, 0.6) is 0 Å². The number of aromatic carboxylic acids is 1. The van der Waals surface area contributed by atoms with E-state index in [1.165, 1.54) is 11.3 Å². The fourth-order valence-corrected chi connectivity index (χ4v) is 2.48. The van der Waals surface area contributed by atoms with Crippen molar-refractivity contribution < 1.29 is 9.90 Å². The van der Waals surface area contributed by atoms with Gasteiger partial charge in [-0.1, -0.05) is 26.6 Å². The van der Waals surface area contributed by atoms with E-state index in [1.807, 2.05) is 6.92 Å². The highest BCUT2D eigenvalue weighted by Crippen LogP contribution is 2.18. The number of aryl methyl sites for hydroxylation is 1. The molecule has 0 amide bonds. The number of aromatic nitrogens is 1. The molecule has 5 heteroatoms. The fraction of sp³-hybridized carbons (Fsp3) is 0.455. The predicted molar refractivity (Wildman–Crippen MR) is 68.7 cm³/mol. The van der Waals surface area contributed by atoms with E-state index in [1.54, 1.807) is 0 Å². The number of carboxylic acids is 1. The van der Waals surface area contributed by atoms with Gasteiger partial charge >= 0.3 is 5.97 Å². The fourth-order valence-electron chi connectivity index (χ4n) is 1.05. The lowest BCUT2D eigenvalue weighted by molar-refractivity contribution is 0.0690. The highest BCUT2D eigenvalue weighted by atomic mass is 32.1. The second kappa shape index (κ2) is 4.81. The molecule has 1 rings (SSSR count). The van der Waals surface area contributed by atoms with Gasteiger partial charge in [-0.2, -0.15) is 0 Å². The van der Waals surface area contributed by atoms with Crippen LogP contribution in [-0.4, -0.2) is 24.1 Å². The number of hydrogen-bond donors (Lipinski definition) is 1. The average molecular weight is 253 g/mol. The first-order valence-electron chi connectivity index (χ1n) is 5.09. The number of carboxylic acid groups (broad SMARTS) is 1. The molecule has 0 atom stereocenters. The lowest BCUT2D eigenvalue weighted by Gasteiger charge is -2.02. The van der Waals surface area contributed by atoms with E-state index >= 15 is 0 Å². The zero-order chi connectivity index (χ0) is 12.3. The molecule has 0 saturated carbocycles. The molecular formula is C11H15NO2SSi. The number of rotatable bonds is 2. The Hall–Kier alpha value is -1.12. The van der Waals surface area contributed by atoms with Crippen LogP contribution in [-0.2, 0) is 6.42 Å². The summed E-state index contributed by atoms with van der Waals surface area (Å²) in [6.07, 6.45) is 0.688. The summed E-state index contributed by atoms with van der Waals surface area (Å²) in [5.41, 5.74) is 3.35. The number of nitrogens with zero attached hydrogens (tertiary/aromatic N) is 1. The molecule has 0 aromatic carbocycles. The molecule has 1 N–H and O–H groups in total. The Labute approximate surface area is 101 Å². The van der Waals surface area contributed by atoms with Crippen molar-refractivity contribution in [2.24, 2.45) is 0 Å². The molecule has 0 aliphatic rings. The molecule has 0 radical (unpaired) electrons. The van der Waals surface area contributed by atoms with E-state index < -0.39 is 14.0 Å². The Balaban J connectivity index is 3.08. The molecule has 0 unspecified atom stereocenters. The van der Waals surface area contributed by atoms with Crippen LogP contribution in [0.15, 0.2) is 0 Å². The Morgan fingerprint density at radius 1 is 1.50 bits per heavy atom. The van der Waals surface area contributed by atoms with Crippen LogP contribution in [0.1, 0.15) is 27.3 Å². The third kappa shape index (κ3) is 3.47. The minimum atomic E-state index is -1.43. The van der Waals surface area contributed by atoms with Crippen LogP contribution in [0.25, 0.3) is 0 Å². The summed E-state index contributed by atoms with van der Waals surface area (Å²) in [6, 6.07) is 0. The van der Waals surface area contributed by atoms with E-state index in [-0.39, 0.29) is 5.69 Å². The van der Waals surface area contributed by atoms with Gasteiger partial charge in [0.05, 0.1) is 0 Å². The molecule has 86 valence electrons. The maximum Gasteiger partial charge on any atom is 0.355 e. The van der Waals surface area contributed by atoms with E-state index in [0.717, 1.165) is 4.88 Å². The van der Waals surface area contributed by atoms with Crippen LogP contribution >= 0.6 is 11.3 Å². The summed E-state index contributed by atoms with van der Waals surface area (Å²) >= 11 is 1.39. The largest absolute Gasteiger partial charge is 0.476 e. The van der Waals surface area contributed by atoms with Crippen molar-refractivity contribution in [1.82, 2.24) is 4.98 Å². The van der Waals surface area contributed by atoms with E-state index in [4.69, 9.17) is 5.11 Å². The van der Waals surface area contributed by atoms with Crippen molar-refractivity contribution in [2.75, 3.05) is 0 Å². The van der Waals surface area contributed by atoms with Crippen molar-refractivity contribution >= 4 is 25.4 Å². The molecule has 1 heterocycles. The monoisotopic (exact) mass is 253 g/mol. The molecular weight excluding hydrogens is 238 g/mol. The summed E-state index contributed by atoms with van der Waals surface area (Å²) < 4.78 is 0. The average Bonchev–Trinajstić information content (AvgIpc) is 2.56. The number of thiazole rings is 1. The van der Waals surface area contributed by atoms with Gasteiger partial charge < -0.3 is 5.11 Å². The molecule has 0 bridgehead atoms. The molecule has 16 heavy (non-hydrogen) atoms. The molecule has 1 aromatic rings. The quantitative estimate of drug-likeness (QED) is 0.651. The van der Waals surface area contributed by atoms with Crippen LogP contribution in [0.3, 0.4) is 0 Å². The van der Waals surface area contributed by atoms with Gasteiger partial charge in [0.2, 0.25) is 0 Å². The predicted octanol–water partition coefficient (Wildman–Crippen LogP) is 2.63. The van der Waals surface area contributed by atoms with Crippen molar-refractivity contribution in [3.63, 3.8) is 0 Å². The first kappa shape index (κ1) is 12.9. The summed E-state index contributed by atoms with van der Waals surface area (Å²) in [4.78, 5) is 15.7. The molecule has 1 aromatic heterocycles. The molecule has 0 aliphatic carbocycles. The number of carbonyl (C=O) groups is 1. The lowest BCUT2D eigenvalue weighted by atomic mass is 10.3. The van der Waals surface area contributed by atoms with Crippen molar-refractivity contribution in [1.29, 1.82) is 0 Å². The van der Waals surface area contributed by atoms with Crippen LogP contribution < -0.4 is 0 Å². The Bertz CT molecular complexity index is 463. The van der Waals surface area contributed by atoms with Gasteiger partial charge in [0, 0.05) is 4.88 Å². The maximum absolute atomic E-state index is 10.9. The van der Waals surface area contributed by atoms with E-state index in [2.05, 4.69) is 36.1 Å². The highest BCUT2D eigenvalue weighted by Gasteiger charge is 2.15. The zero-order valence-corrected chi connectivity index (χ0v) is 11.7. The summed E-state index contributed by atoms with van der Waals surface area (Å²) in [6.45, 7) is 8.36. The lowest BCUT2D eigenvalue weighted by Crippen LogP contribution is -2.16. The van der Waals surface area contributed by atoms with Gasteiger partial charge in [-0.25, -0.2) is 9.78 Å². The van der Waals surface area contributed by atoms with E-state index in [9.17, 15) is 4.79 Å². The third-order valence-corrected chi connectivity index (χ3v) is 3.76.